The van der Waals surface area contributed by atoms with Crippen LogP contribution in [-0.4, -0.2) is 18.4 Å². The highest BCUT2D eigenvalue weighted by Crippen LogP contribution is 2.18. The Labute approximate surface area is 147 Å². The molecule has 0 aromatic heterocycles. The van der Waals surface area contributed by atoms with E-state index in [2.05, 4.69) is 10.6 Å². The molecule has 5 heteroatoms. The summed E-state index contributed by atoms with van der Waals surface area (Å²) in [5, 5.41) is 5.61. The lowest BCUT2D eigenvalue weighted by Crippen LogP contribution is -2.28. The van der Waals surface area contributed by atoms with Crippen LogP contribution in [0.2, 0.25) is 0 Å². The SMILES string of the molecule is CC(C)(C)C(=O)Nc1cccc(C(=O)NCCc2cccc(F)c2)c1. The number of carbonyl (C=O) groups is 2. The lowest BCUT2D eigenvalue weighted by molar-refractivity contribution is -0.123. The molecule has 4 nitrogen and oxygen atoms in total. The third-order valence-electron chi connectivity index (χ3n) is 3.65. The van der Waals surface area contributed by atoms with E-state index >= 15 is 0 Å². The number of rotatable bonds is 5. The molecule has 2 rings (SSSR count). The number of anilines is 1. The van der Waals surface area contributed by atoms with Crippen LogP contribution in [0.25, 0.3) is 0 Å². The van der Waals surface area contributed by atoms with Gasteiger partial charge in [-0.1, -0.05) is 39.0 Å². The first-order chi connectivity index (χ1) is 11.8. The van der Waals surface area contributed by atoms with Gasteiger partial charge in [0.15, 0.2) is 0 Å². The van der Waals surface area contributed by atoms with Gasteiger partial charge in [-0.2, -0.15) is 0 Å². The Bertz CT molecular complexity index is 766. The van der Waals surface area contributed by atoms with Gasteiger partial charge in [0.2, 0.25) is 5.91 Å². The number of benzene rings is 2. The van der Waals surface area contributed by atoms with Crippen molar-refractivity contribution in [2.45, 2.75) is 27.2 Å². The van der Waals surface area contributed by atoms with Crippen molar-refractivity contribution in [3.63, 3.8) is 0 Å². The highest BCUT2D eigenvalue weighted by molar-refractivity contribution is 5.98. The second kappa shape index (κ2) is 7.92. The van der Waals surface area contributed by atoms with Crippen molar-refractivity contribution in [2.24, 2.45) is 5.41 Å². The van der Waals surface area contributed by atoms with Gasteiger partial charge in [0.1, 0.15) is 5.82 Å². The zero-order chi connectivity index (χ0) is 18.4. The van der Waals surface area contributed by atoms with Crippen LogP contribution in [0.3, 0.4) is 0 Å². The maximum atomic E-state index is 13.1. The molecular weight excluding hydrogens is 319 g/mol. The minimum absolute atomic E-state index is 0.115. The molecule has 0 aliphatic rings. The summed E-state index contributed by atoms with van der Waals surface area (Å²) >= 11 is 0. The number of carbonyl (C=O) groups excluding carboxylic acids is 2. The van der Waals surface area contributed by atoms with E-state index < -0.39 is 5.41 Å². The number of hydrogen-bond donors (Lipinski definition) is 2. The third-order valence-corrected chi connectivity index (χ3v) is 3.65. The van der Waals surface area contributed by atoms with E-state index in [4.69, 9.17) is 0 Å². The summed E-state index contributed by atoms with van der Waals surface area (Å²) in [6.45, 7) is 5.88. The second-order valence-electron chi connectivity index (χ2n) is 6.92. The quantitative estimate of drug-likeness (QED) is 0.869. The van der Waals surface area contributed by atoms with Crippen molar-refractivity contribution < 1.29 is 14.0 Å². The molecule has 2 N–H and O–H groups in total. The zero-order valence-corrected chi connectivity index (χ0v) is 14.7. The molecular formula is C20H23FN2O2. The van der Waals surface area contributed by atoms with E-state index in [-0.39, 0.29) is 17.6 Å². The molecule has 0 spiro atoms. The molecule has 2 aromatic rings. The molecule has 0 aliphatic heterocycles. The highest BCUT2D eigenvalue weighted by atomic mass is 19.1. The summed E-state index contributed by atoms with van der Waals surface area (Å²) in [6, 6.07) is 13.1. The van der Waals surface area contributed by atoms with Crippen LogP contribution in [0.1, 0.15) is 36.7 Å². The number of amides is 2. The summed E-state index contributed by atoms with van der Waals surface area (Å²) in [5.41, 5.74) is 1.36. The second-order valence-corrected chi connectivity index (χ2v) is 6.92. The Balaban J connectivity index is 1.93. The van der Waals surface area contributed by atoms with E-state index in [0.717, 1.165) is 5.56 Å². The van der Waals surface area contributed by atoms with Crippen LogP contribution in [0.4, 0.5) is 10.1 Å². The van der Waals surface area contributed by atoms with Crippen molar-refractivity contribution >= 4 is 17.5 Å². The summed E-state index contributed by atoms with van der Waals surface area (Å²) in [4.78, 5) is 24.3. The topological polar surface area (TPSA) is 58.2 Å². The first kappa shape index (κ1) is 18.6. The van der Waals surface area contributed by atoms with Gasteiger partial charge in [-0.25, -0.2) is 4.39 Å². The Morgan fingerprint density at radius 3 is 2.44 bits per heavy atom. The van der Waals surface area contributed by atoms with E-state index in [1.807, 2.05) is 26.8 Å². The summed E-state index contributed by atoms with van der Waals surface area (Å²) in [5.74, 6) is -0.634. The van der Waals surface area contributed by atoms with Crippen molar-refractivity contribution in [3.8, 4) is 0 Å². The van der Waals surface area contributed by atoms with Gasteiger partial charge in [-0.15, -0.1) is 0 Å². The number of halogens is 1. The van der Waals surface area contributed by atoms with Crippen LogP contribution >= 0.6 is 0 Å². The maximum Gasteiger partial charge on any atom is 0.251 e. The molecule has 0 bridgehead atoms. The lowest BCUT2D eigenvalue weighted by Gasteiger charge is -2.18. The van der Waals surface area contributed by atoms with Gasteiger partial charge in [-0.3, -0.25) is 9.59 Å². The molecule has 0 saturated carbocycles. The fourth-order valence-electron chi connectivity index (χ4n) is 2.17. The van der Waals surface area contributed by atoms with Crippen LogP contribution in [0, 0.1) is 11.2 Å². The molecule has 0 radical (unpaired) electrons. The summed E-state index contributed by atoms with van der Waals surface area (Å²) in [6.07, 6.45) is 0.546. The maximum absolute atomic E-state index is 13.1. The van der Waals surface area contributed by atoms with E-state index in [9.17, 15) is 14.0 Å². The Hall–Kier alpha value is -2.69. The molecule has 0 fully saturated rings. The van der Waals surface area contributed by atoms with Gasteiger partial charge in [0.25, 0.3) is 5.91 Å². The van der Waals surface area contributed by atoms with Gasteiger partial charge in [-0.05, 0) is 42.3 Å². The average Bonchev–Trinajstić information content (AvgIpc) is 2.54. The first-order valence-corrected chi connectivity index (χ1v) is 8.20. The fourth-order valence-corrected chi connectivity index (χ4v) is 2.17. The van der Waals surface area contributed by atoms with Crippen LogP contribution in [0.15, 0.2) is 48.5 Å². The molecule has 0 heterocycles. The standard InChI is InChI=1S/C20H23FN2O2/c1-20(2,3)19(25)23-17-9-5-7-15(13-17)18(24)22-11-10-14-6-4-8-16(21)12-14/h4-9,12-13H,10-11H2,1-3H3,(H,22,24)(H,23,25). The molecule has 25 heavy (non-hydrogen) atoms. The zero-order valence-electron chi connectivity index (χ0n) is 14.7. The normalized spacial score (nSPS) is 11.0. The average molecular weight is 342 g/mol. The first-order valence-electron chi connectivity index (χ1n) is 8.20. The number of nitrogens with one attached hydrogen (secondary N) is 2. The van der Waals surface area contributed by atoms with Gasteiger partial charge in [0.05, 0.1) is 0 Å². The third kappa shape index (κ3) is 5.71. The summed E-state index contributed by atoms with van der Waals surface area (Å²) in [7, 11) is 0. The van der Waals surface area contributed by atoms with E-state index in [1.165, 1.54) is 12.1 Å². The van der Waals surface area contributed by atoms with Crippen LogP contribution in [-0.2, 0) is 11.2 Å². The lowest BCUT2D eigenvalue weighted by atomic mass is 9.95. The van der Waals surface area contributed by atoms with Crippen LogP contribution in [0.5, 0.6) is 0 Å². The Morgan fingerprint density at radius 2 is 1.76 bits per heavy atom. The molecule has 0 saturated heterocycles. The smallest absolute Gasteiger partial charge is 0.251 e. The van der Waals surface area contributed by atoms with E-state index in [1.54, 1.807) is 30.3 Å². The predicted octanol–water partition coefficient (Wildman–Crippen LogP) is 3.78. The largest absolute Gasteiger partial charge is 0.352 e. The van der Waals surface area contributed by atoms with Crippen molar-refractivity contribution in [1.29, 1.82) is 0 Å². The molecule has 2 aromatic carbocycles. The van der Waals surface area contributed by atoms with Gasteiger partial charge >= 0.3 is 0 Å². The van der Waals surface area contributed by atoms with Crippen LogP contribution < -0.4 is 10.6 Å². The fraction of sp³-hybridized carbons (Fsp3) is 0.300. The summed E-state index contributed by atoms with van der Waals surface area (Å²) < 4.78 is 13.1. The highest BCUT2D eigenvalue weighted by Gasteiger charge is 2.21. The molecule has 0 unspecified atom stereocenters. The van der Waals surface area contributed by atoms with Crippen molar-refractivity contribution in [2.75, 3.05) is 11.9 Å². The Kier molecular flexibility index (Phi) is 5.91. The molecule has 0 aliphatic carbocycles. The van der Waals surface area contributed by atoms with Crippen molar-refractivity contribution in [1.82, 2.24) is 5.32 Å². The van der Waals surface area contributed by atoms with Gasteiger partial charge in [0, 0.05) is 23.2 Å². The molecule has 0 atom stereocenters. The monoisotopic (exact) mass is 342 g/mol. The predicted molar refractivity (Wildman–Crippen MR) is 97.0 cm³/mol. The molecule has 2 amide bonds. The van der Waals surface area contributed by atoms with E-state index in [0.29, 0.717) is 24.2 Å². The minimum atomic E-state index is -0.511. The van der Waals surface area contributed by atoms with Crippen molar-refractivity contribution in [3.05, 3.63) is 65.5 Å². The minimum Gasteiger partial charge on any atom is -0.352 e. The Morgan fingerprint density at radius 1 is 1.04 bits per heavy atom. The molecule has 132 valence electrons. The number of hydrogen-bond acceptors (Lipinski definition) is 2. The van der Waals surface area contributed by atoms with Gasteiger partial charge < -0.3 is 10.6 Å².